The van der Waals surface area contributed by atoms with Crippen molar-refractivity contribution < 1.29 is 4.42 Å². The monoisotopic (exact) mass is 423 g/mol. The van der Waals surface area contributed by atoms with Crippen LogP contribution in [0.2, 0.25) is 0 Å². The van der Waals surface area contributed by atoms with Crippen molar-refractivity contribution in [3.05, 3.63) is 95.9 Å². The zero-order chi connectivity index (χ0) is 21.2. The maximum atomic E-state index is 6.23. The summed E-state index contributed by atoms with van der Waals surface area (Å²) in [5.41, 5.74) is 6.27. The molecule has 5 rings (SSSR count). The Balaban J connectivity index is 1.66. The fourth-order valence-electron chi connectivity index (χ4n) is 3.39. The molecular formula is C26H21N3OS. The van der Waals surface area contributed by atoms with E-state index >= 15 is 0 Å². The number of benzene rings is 3. The molecule has 31 heavy (non-hydrogen) atoms. The second kappa shape index (κ2) is 8.20. The van der Waals surface area contributed by atoms with Crippen LogP contribution in [-0.2, 0) is 0 Å². The number of para-hydroxylation sites is 1. The maximum absolute atomic E-state index is 6.23. The van der Waals surface area contributed by atoms with Gasteiger partial charge in [-0.15, -0.1) is 11.3 Å². The molecule has 0 saturated carbocycles. The Kier molecular flexibility index (Phi) is 5.10. The summed E-state index contributed by atoms with van der Waals surface area (Å²) >= 11 is 1.60. The van der Waals surface area contributed by atoms with Gasteiger partial charge in [-0.3, -0.25) is 0 Å². The fourth-order valence-corrected chi connectivity index (χ4v) is 4.22. The lowest BCUT2D eigenvalue weighted by molar-refractivity contribution is 0.547. The highest BCUT2D eigenvalue weighted by molar-refractivity contribution is 7.13. The minimum absolute atomic E-state index is 0.560. The molecule has 0 N–H and O–H groups in total. The molecule has 4 nitrogen and oxygen atoms in total. The predicted octanol–water partition coefficient (Wildman–Crippen LogP) is 6.52. The molecule has 152 valence electrons. The van der Waals surface area contributed by atoms with Gasteiger partial charge in [0, 0.05) is 36.1 Å². The summed E-state index contributed by atoms with van der Waals surface area (Å²) < 4.78 is 6.23. The van der Waals surface area contributed by atoms with Crippen LogP contribution in [0.4, 0.5) is 11.4 Å². The first-order valence-corrected chi connectivity index (χ1v) is 10.9. The van der Waals surface area contributed by atoms with Crippen molar-refractivity contribution in [1.29, 1.82) is 0 Å². The first-order valence-electron chi connectivity index (χ1n) is 10.0. The van der Waals surface area contributed by atoms with Crippen molar-refractivity contribution in [2.75, 3.05) is 19.0 Å². The van der Waals surface area contributed by atoms with Crippen LogP contribution < -0.4 is 10.5 Å². The number of thiazole rings is 1. The summed E-state index contributed by atoms with van der Waals surface area (Å²) in [5.74, 6) is 0. The molecule has 0 atom stereocenters. The van der Waals surface area contributed by atoms with Gasteiger partial charge in [-0.05, 0) is 36.4 Å². The second-order valence-corrected chi connectivity index (χ2v) is 8.29. The van der Waals surface area contributed by atoms with Crippen molar-refractivity contribution >= 4 is 33.7 Å². The molecule has 0 bridgehead atoms. The molecule has 3 aromatic carbocycles. The van der Waals surface area contributed by atoms with E-state index in [-0.39, 0.29) is 0 Å². The molecule has 0 radical (unpaired) electrons. The van der Waals surface area contributed by atoms with Crippen molar-refractivity contribution in [2.45, 2.75) is 0 Å². The van der Waals surface area contributed by atoms with Gasteiger partial charge in [0.2, 0.25) is 5.55 Å². The number of hydrogen-bond donors (Lipinski definition) is 0. The van der Waals surface area contributed by atoms with E-state index in [0.29, 0.717) is 5.55 Å². The molecule has 0 unspecified atom stereocenters. The third kappa shape index (κ3) is 4.00. The normalized spacial score (nSPS) is 11.7. The predicted molar refractivity (Wildman–Crippen MR) is 129 cm³/mol. The molecule has 5 heteroatoms. The summed E-state index contributed by atoms with van der Waals surface area (Å²) in [7, 11) is 4.05. The summed E-state index contributed by atoms with van der Waals surface area (Å²) in [5, 5.41) is 3.99. The minimum atomic E-state index is 0.560. The summed E-state index contributed by atoms with van der Waals surface area (Å²) in [4.78, 5) is 11.8. The van der Waals surface area contributed by atoms with E-state index in [0.717, 1.165) is 44.2 Å². The standard InChI is InChI=1S/C26H21N3OS/c1-29(2)21-14-12-20(13-15-21)27-25-22(16-19-10-6-7-11-24(19)30-25)26-28-23(17-31-26)18-8-4-3-5-9-18/h3-17H,1-2H3. The molecule has 0 aliphatic rings. The largest absolute Gasteiger partial charge is 0.438 e. The lowest BCUT2D eigenvalue weighted by atomic mass is 10.1. The molecule has 0 fully saturated rings. The van der Waals surface area contributed by atoms with Gasteiger partial charge in [-0.25, -0.2) is 9.98 Å². The number of anilines is 1. The third-order valence-corrected chi connectivity index (χ3v) is 5.93. The molecule has 2 heterocycles. The van der Waals surface area contributed by atoms with Crippen LogP contribution in [0, 0.1) is 0 Å². The SMILES string of the molecule is CN(C)c1ccc(N=c2oc3ccccc3cc2-c2nc(-c3ccccc3)cs2)cc1. The van der Waals surface area contributed by atoms with Crippen molar-refractivity contribution in [3.8, 4) is 21.8 Å². The molecule has 0 aliphatic heterocycles. The van der Waals surface area contributed by atoms with Crippen LogP contribution in [-0.4, -0.2) is 19.1 Å². The van der Waals surface area contributed by atoms with E-state index in [1.54, 1.807) is 11.3 Å². The van der Waals surface area contributed by atoms with E-state index < -0.39 is 0 Å². The van der Waals surface area contributed by atoms with Crippen LogP contribution in [0.3, 0.4) is 0 Å². The van der Waals surface area contributed by atoms with Crippen molar-refractivity contribution in [1.82, 2.24) is 4.98 Å². The first-order chi connectivity index (χ1) is 15.2. The summed E-state index contributed by atoms with van der Waals surface area (Å²) in [6, 6.07) is 28.4. The van der Waals surface area contributed by atoms with Gasteiger partial charge < -0.3 is 9.32 Å². The van der Waals surface area contributed by atoms with E-state index in [1.807, 2.05) is 68.7 Å². The number of aromatic nitrogens is 1. The van der Waals surface area contributed by atoms with Gasteiger partial charge in [-0.2, -0.15) is 0 Å². The van der Waals surface area contributed by atoms with Crippen LogP contribution in [0.1, 0.15) is 0 Å². The second-order valence-electron chi connectivity index (χ2n) is 7.43. The van der Waals surface area contributed by atoms with Gasteiger partial charge in [-0.1, -0.05) is 48.5 Å². The third-order valence-electron chi connectivity index (χ3n) is 5.06. The maximum Gasteiger partial charge on any atom is 0.230 e. The number of nitrogens with zero attached hydrogens (tertiary/aromatic N) is 3. The molecule has 5 aromatic rings. The van der Waals surface area contributed by atoms with E-state index in [9.17, 15) is 0 Å². The molecule has 2 aromatic heterocycles. The topological polar surface area (TPSA) is 41.6 Å². The smallest absolute Gasteiger partial charge is 0.230 e. The zero-order valence-corrected chi connectivity index (χ0v) is 18.1. The Hall–Kier alpha value is -3.70. The van der Waals surface area contributed by atoms with E-state index in [4.69, 9.17) is 14.4 Å². The molecule has 0 spiro atoms. The molecule has 0 amide bonds. The Labute approximate surface area is 184 Å². The Morgan fingerprint density at radius 3 is 2.39 bits per heavy atom. The fraction of sp³-hybridized carbons (Fsp3) is 0.0769. The van der Waals surface area contributed by atoms with Gasteiger partial charge in [0.15, 0.2) is 0 Å². The highest BCUT2D eigenvalue weighted by Gasteiger charge is 2.12. The Bertz CT molecular complexity index is 1400. The number of hydrogen-bond acceptors (Lipinski definition) is 5. The van der Waals surface area contributed by atoms with Gasteiger partial charge >= 0.3 is 0 Å². The minimum Gasteiger partial charge on any atom is -0.438 e. The first kappa shape index (κ1) is 19.3. The Morgan fingerprint density at radius 2 is 1.61 bits per heavy atom. The lowest BCUT2D eigenvalue weighted by Crippen LogP contribution is -2.08. The van der Waals surface area contributed by atoms with Crippen LogP contribution >= 0.6 is 11.3 Å². The molecule has 0 aliphatic carbocycles. The average Bonchev–Trinajstić information content (AvgIpc) is 3.30. The molecular weight excluding hydrogens is 402 g/mol. The highest BCUT2D eigenvalue weighted by atomic mass is 32.1. The summed E-state index contributed by atoms with van der Waals surface area (Å²) in [6.45, 7) is 0. The van der Waals surface area contributed by atoms with Crippen LogP contribution in [0.25, 0.3) is 32.8 Å². The molecule has 0 saturated heterocycles. The Morgan fingerprint density at radius 1 is 0.871 bits per heavy atom. The van der Waals surface area contributed by atoms with Crippen molar-refractivity contribution in [2.24, 2.45) is 4.99 Å². The number of rotatable bonds is 4. The van der Waals surface area contributed by atoms with E-state index in [2.05, 4.69) is 40.6 Å². The van der Waals surface area contributed by atoms with E-state index in [1.165, 1.54) is 0 Å². The quantitative estimate of drug-likeness (QED) is 0.330. The van der Waals surface area contributed by atoms with Gasteiger partial charge in [0.05, 0.1) is 16.9 Å². The van der Waals surface area contributed by atoms with Crippen molar-refractivity contribution in [3.63, 3.8) is 0 Å². The highest BCUT2D eigenvalue weighted by Crippen LogP contribution is 2.29. The van der Waals surface area contributed by atoms with Crippen LogP contribution in [0.5, 0.6) is 0 Å². The van der Waals surface area contributed by atoms with Crippen LogP contribution in [0.15, 0.2) is 99.7 Å². The average molecular weight is 424 g/mol. The lowest BCUT2D eigenvalue weighted by Gasteiger charge is -2.11. The zero-order valence-electron chi connectivity index (χ0n) is 17.3. The van der Waals surface area contributed by atoms with Gasteiger partial charge in [0.25, 0.3) is 0 Å². The van der Waals surface area contributed by atoms with Gasteiger partial charge in [0.1, 0.15) is 10.6 Å². The number of fused-ring (bicyclic) bond motifs is 1. The summed E-state index contributed by atoms with van der Waals surface area (Å²) in [6.07, 6.45) is 0.